The fourth-order valence-electron chi connectivity index (χ4n) is 10.7. The Morgan fingerprint density at radius 1 is 1.00 bits per heavy atom. The molecule has 5 aliphatic carbocycles. The molecule has 1 aromatic heterocycles. The standard InChI is InChI=1S/C33H43N3O3/c1-18-10-13-33(28-36-35-20(3)39-28)15-14-32(8)26(25(33)19(18)2)22(37)16-24-30(6)17-21(34-9)27(38)29(4,5)23(30)11-12-31(24,32)7/h16-19,23,25-26H,10-15H2,1-8H3/t18-,19+,23+,25+,26-,30+,31-,32-,33+/m1/s1. The number of allylic oxidation sites excluding steroid dienone is 4. The van der Waals surface area contributed by atoms with Crippen molar-refractivity contribution in [3.05, 3.63) is 46.6 Å². The highest BCUT2D eigenvalue weighted by atomic mass is 16.4. The van der Waals surface area contributed by atoms with Crippen LogP contribution in [0.2, 0.25) is 0 Å². The molecule has 3 fully saturated rings. The van der Waals surface area contributed by atoms with Gasteiger partial charge >= 0.3 is 0 Å². The lowest BCUT2D eigenvalue weighted by Gasteiger charge is -2.69. The van der Waals surface area contributed by atoms with E-state index in [-0.39, 0.29) is 51.3 Å². The van der Waals surface area contributed by atoms with Crippen LogP contribution in [0.3, 0.4) is 0 Å². The molecule has 9 atom stereocenters. The zero-order chi connectivity index (χ0) is 28.3. The molecular weight excluding hydrogens is 486 g/mol. The van der Waals surface area contributed by atoms with Crippen molar-refractivity contribution in [1.29, 1.82) is 0 Å². The lowest BCUT2D eigenvalue weighted by atomic mass is 9.34. The summed E-state index contributed by atoms with van der Waals surface area (Å²) in [5.41, 5.74) is -0.494. The van der Waals surface area contributed by atoms with Crippen molar-refractivity contribution in [3.63, 3.8) is 0 Å². The highest BCUT2D eigenvalue weighted by Crippen LogP contribution is 2.74. The van der Waals surface area contributed by atoms with Crippen molar-refractivity contribution in [3.8, 4) is 0 Å². The number of carbonyl (C=O) groups excluding carboxylic acids is 2. The van der Waals surface area contributed by atoms with Crippen LogP contribution in [-0.2, 0) is 15.0 Å². The molecule has 0 N–H and O–H groups in total. The van der Waals surface area contributed by atoms with Crippen LogP contribution in [0.25, 0.3) is 4.85 Å². The Hall–Kier alpha value is -2.55. The Balaban J connectivity index is 1.55. The van der Waals surface area contributed by atoms with Crippen LogP contribution in [0, 0.1) is 64.7 Å². The molecule has 0 aliphatic heterocycles. The molecule has 0 unspecified atom stereocenters. The molecule has 0 bridgehead atoms. The van der Waals surface area contributed by atoms with Gasteiger partial charge in [0.15, 0.2) is 11.6 Å². The zero-order valence-electron chi connectivity index (χ0n) is 24.9. The summed E-state index contributed by atoms with van der Waals surface area (Å²) in [6.07, 6.45) is 9.69. The van der Waals surface area contributed by atoms with Gasteiger partial charge in [0.25, 0.3) is 0 Å². The maximum atomic E-state index is 14.6. The molecule has 0 aromatic carbocycles. The van der Waals surface area contributed by atoms with Gasteiger partial charge in [0.2, 0.25) is 17.5 Å². The van der Waals surface area contributed by atoms with Gasteiger partial charge in [-0.3, -0.25) is 4.79 Å². The predicted octanol–water partition coefficient (Wildman–Crippen LogP) is 7.06. The van der Waals surface area contributed by atoms with E-state index in [0.717, 1.165) is 50.0 Å². The number of fused-ring (bicyclic) bond motifs is 7. The summed E-state index contributed by atoms with van der Waals surface area (Å²) in [7, 11) is 0. The number of nitrogens with zero attached hydrogens (tertiary/aromatic N) is 3. The first kappa shape index (κ1) is 26.7. The molecule has 1 heterocycles. The highest BCUT2D eigenvalue weighted by Gasteiger charge is 2.71. The van der Waals surface area contributed by atoms with Crippen LogP contribution in [0.1, 0.15) is 98.8 Å². The van der Waals surface area contributed by atoms with Gasteiger partial charge in [-0.1, -0.05) is 60.1 Å². The molecule has 208 valence electrons. The van der Waals surface area contributed by atoms with Gasteiger partial charge in [0.05, 0.1) is 12.0 Å². The molecule has 5 aliphatic rings. The number of rotatable bonds is 1. The van der Waals surface area contributed by atoms with Gasteiger partial charge in [-0.05, 0) is 79.1 Å². The number of aromatic nitrogens is 2. The highest BCUT2D eigenvalue weighted by molar-refractivity contribution is 6.03. The molecule has 0 spiro atoms. The minimum absolute atomic E-state index is 0.0577. The molecule has 0 radical (unpaired) electrons. The van der Waals surface area contributed by atoms with Crippen LogP contribution in [0.4, 0.5) is 0 Å². The Kier molecular flexibility index (Phi) is 5.48. The third-order valence-electron chi connectivity index (χ3n) is 13.2. The first-order valence-electron chi connectivity index (χ1n) is 14.9. The number of Topliss-reactive ketones (excluding diaryl/α,β-unsaturated/α-hetero) is 1. The van der Waals surface area contributed by atoms with E-state index in [1.807, 2.05) is 32.9 Å². The largest absolute Gasteiger partial charge is 0.425 e. The second kappa shape index (κ2) is 8.02. The molecule has 0 saturated heterocycles. The van der Waals surface area contributed by atoms with Crippen LogP contribution in [-0.4, -0.2) is 21.8 Å². The van der Waals surface area contributed by atoms with E-state index in [0.29, 0.717) is 17.7 Å². The number of aryl methyl sites for hydroxylation is 1. The third kappa shape index (κ3) is 3.08. The second-order valence-corrected chi connectivity index (χ2v) is 14.9. The molecular formula is C33H43N3O3. The van der Waals surface area contributed by atoms with Gasteiger partial charge in [-0.25, -0.2) is 4.85 Å². The Morgan fingerprint density at radius 3 is 2.36 bits per heavy atom. The minimum Gasteiger partial charge on any atom is -0.425 e. The number of carbonyl (C=O) groups is 2. The van der Waals surface area contributed by atoms with E-state index in [1.54, 1.807) is 0 Å². The van der Waals surface area contributed by atoms with E-state index in [9.17, 15) is 9.59 Å². The van der Waals surface area contributed by atoms with Gasteiger partial charge < -0.3 is 9.21 Å². The van der Waals surface area contributed by atoms with Crippen molar-refractivity contribution in [2.45, 2.75) is 99.3 Å². The molecule has 6 heteroatoms. The van der Waals surface area contributed by atoms with Crippen LogP contribution >= 0.6 is 0 Å². The van der Waals surface area contributed by atoms with Gasteiger partial charge in [0.1, 0.15) is 0 Å². The molecule has 6 nitrogen and oxygen atoms in total. The maximum absolute atomic E-state index is 14.6. The zero-order valence-corrected chi connectivity index (χ0v) is 24.9. The van der Waals surface area contributed by atoms with Gasteiger partial charge in [0, 0.05) is 23.7 Å². The van der Waals surface area contributed by atoms with Gasteiger partial charge in [-0.2, -0.15) is 0 Å². The van der Waals surface area contributed by atoms with Crippen LogP contribution < -0.4 is 0 Å². The Bertz CT molecular complexity index is 1380. The minimum atomic E-state index is -0.642. The monoisotopic (exact) mass is 529 g/mol. The summed E-state index contributed by atoms with van der Waals surface area (Å²) in [6.45, 7) is 25.3. The molecule has 0 amide bonds. The second-order valence-electron chi connectivity index (χ2n) is 14.9. The smallest absolute Gasteiger partial charge is 0.226 e. The third-order valence-corrected chi connectivity index (χ3v) is 13.2. The van der Waals surface area contributed by atoms with Crippen LogP contribution in [0.5, 0.6) is 0 Å². The first-order valence-corrected chi connectivity index (χ1v) is 14.9. The van der Waals surface area contributed by atoms with Crippen molar-refractivity contribution in [2.24, 2.45) is 51.2 Å². The normalized spacial score (nSPS) is 46.6. The average molecular weight is 530 g/mol. The van der Waals surface area contributed by atoms with Crippen LogP contribution in [0.15, 0.2) is 27.8 Å². The summed E-state index contributed by atoms with van der Waals surface area (Å²) in [5, 5.41) is 8.81. The molecule has 39 heavy (non-hydrogen) atoms. The lowest BCUT2D eigenvalue weighted by molar-refractivity contribution is -0.165. The summed E-state index contributed by atoms with van der Waals surface area (Å²) in [5.74, 6) is 2.40. The van der Waals surface area contributed by atoms with Crippen molar-refractivity contribution in [2.75, 3.05) is 0 Å². The molecule has 3 saturated carbocycles. The summed E-state index contributed by atoms with van der Waals surface area (Å²) < 4.78 is 6.17. The number of hydrogen-bond acceptors (Lipinski definition) is 5. The van der Waals surface area contributed by atoms with E-state index >= 15 is 0 Å². The summed E-state index contributed by atoms with van der Waals surface area (Å²) in [6, 6.07) is 0. The van der Waals surface area contributed by atoms with E-state index < -0.39 is 10.8 Å². The quantitative estimate of drug-likeness (QED) is 0.364. The summed E-state index contributed by atoms with van der Waals surface area (Å²) in [4.78, 5) is 31.6. The van der Waals surface area contributed by atoms with Gasteiger partial charge in [-0.15, -0.1) is 10.2 Å². The lowest BCUT2D eigenvalue weighted by Crippen LogP contribution is -2.66. The average Bonchev–Trinajstić information content (AvgIpc) is 3.32. The van der Waals surface area contributed by atoms with Crippen molar-refractivity contribution >= 4 is 11.6 Å². The number of hydrogen-bond donors (Lipinski definition) is 0. The number of ketones is 2. The van der Waals surface area contributed by atoms with E-state index in [1.165, 1.54) is 0 Å². The predicted molar refractivity (Wildman–Crippen MR) is 148 cm³/mol. The van der Waals surface area contributed by atoms with E-state index in [2.05, 4.69) is 49.7 Å². The molecule has 6 rings (SSSR count). The van der Waals surface area contributed by atoms with Crippen molar-refractivity contribution < 1.29 is 14.0 Å². The fourth-order valence-corrected chi connectivity index (χ4v) is 10.7. The first-order chi connectivity index (χ1) is 18.2. The Labute approximate surface area is 232 Å². The SMILES string of the molecule is [C-]#[N+]C1=C[C@]2(C)C3=CC(=O)[C@@H]4[C@@H]5[C@@H](C)[C@H](C)CC[C@]5(c5nnc(C)o5)CC[C@@]4(C)[C@]3(C)CC[C@H]2C(C)(C)C1=O. The van der Waals surface area contributed by atoms with Crippen molar-refractivity contribution in [1.82, 2.24) is 10.2 Å². The summed E-state index contributed by atoms with van der Waals surface area (Å²) >= 11 is 0. The fraction of sp³-hybridized carbons (Fsp3) is 0.727. The topological polar surface area (TPSA) is 77.4 Å². The maximum Gasteiger partial charge on any atom is 0.226 e. The molecule has 1 aromatic rings. The Morgan fingerprint density at radius 2 is 1.72 bits per heavy atom. The van der Waals surface area contributed by atoms with E-state index in [4.69, 9.17) is 11.0 Å².